The average molecular weight is 391 g/mol. The largest absolute Gasteiger partial charge is 0.497 e. The minimum Gasteiger partial charge on any atom is -0.497 e. The highest BCUT2D eigenvalue weighted by molar-refractivity contribution is 7.98. The van der Waals surface area contributed by atoms with E-state index in [9.17, 15) is 9.90 Å². The van der Waals surface area contributed by atoms with Crippen LogP contribution in [0.1, 0.15) is 24.3 Å². The Balaban J connectivity index is 2.36. The highest BCUT2D eigenvalue weighted by atomic mass is 32.2. The fourth-order valence-electron chi connectivity index (χ4n) is 2.53. The van der Waals surface area contributed by atoms with Crippen LogP contribution in [0.2, 0.25) is 0 Å². The van der Waals surface area contributed by atoms with Crippen LogP contribution in [0.4, 0.5) is 0 Å². The normalized spacial score (nSPS) is 12.7. The molecule has 0 aliphatic rings. The van der Waals surface area contributed by atoms with Crippen molar-refractivity contribution in [2.75, 3.05) is 20.0 Å². The number of nitrogens with zero attached hydrogens (tertiary/aromatic N) is 5. The van der Waals surface area contributed by atoms with E-state index in [-0.39, 0.29) is 6.61 Å². The Labute approximate surface area is 160 Å². The van der Waals surface area contributed by atoms with Gasteiger partial charge in [-0.2, -0.15) is 0 Å². The van der Waals surface area contributed by atoms with Crippen LogP contribution in [0.25, 0.3) is 10.4 Å². The summed E-state index contributed by atoms with van der Waals surface area (Å²) in [4.78, 5) is 19.0. The zero-order chi connectivity index (χ0) is 19.8. The third kappa shape index (κ3) is 4.94. The minimum atomic E-state index is -1.39. The molecule has 0 aliphatic heterocycles. The summed E-state index contributed by atoms with van der Waals surface area (Å²) in [6.45, 7) is 2.17. The van der Waals surface area contributed by atoms with Crippen LogP contribution in [0.15, 0.2) is 40.7 Å². The van der Waals surface area contributed by atoms with Crippen LogP contribution in [-0.4, -0.2) is 46.6 Å². The fraction of sp³-hybridized carbons (Fsp3) is 0.412. The van der Waals surface area contributed by atoms with Crippen LogP contribution < -0.4 is 4.74 Å². The van der Waals surface area contributed by atoms with Gasteiger partial charge in [-0.3, -0.25) is 4.79 Å². The Morgan fingerprint density at radius 2 is 2.15 bits per heavy atom. The van der Waals surface area contributed by atoms with Gasteiger partial charge in [-0.1, -0.05) is 29.0 Å². The number of esters is 1. The van der Waals surface area contributed by atoms with Gasteiger partial charge in [0, 0.05) is 11.5 Å². The molecule has 1 heterocycles. The molecule has 9 nitrogen and oxygen atoms in total. The third-order valence-corrected chi connectivity index (χ3v) is 4.53. The molecule has 2 rings (SSSR count). The first kappa shape index (κ1) is 20.6. The number of imidazole rings is 1. The van der Waals surface area contributed by atoms with Crippen molar-refractivity contribution in [3.05, 3.63) is 52.2 Å². The molecule has 1 N–H and O–H groups in total. The Bertz CT molecular complexity index is 817. The minimum absolute atomic E-state index is 0.115. The molecule has 2 atom stereocenters. The molecular formula is C17H21N5O4S. The van der Waals surface area contributed by atoms with Crippen LogP contribution in [0.3, 0.4) is 0 Å². The van der Waals surface area contributed by atoms with E-state index in [1.807, 2.05) is 30.5 Å². The quantitative estimate of drug-likeness (QED) is 0.230. The topological polar surface area (TPSA) is 122 Å². The summed E-state index contributed by atoms with van der Waals surface area (Å²) in [6.07, 6.45) is 1.95. The first-order valence-electron chi connectivity index (χ1n) is 8.16. The summed E-state index contributed by atoms with van der Waals surface area (Å²) < 4.78 is 11.8. The molecular weight excluding hydrogens is 370 g/mol. The number of benzene rings is 1. The molecule has 10 heteroatoms. The van der Waals surface area contributed by atoms with Crippen molar-refractivity contribution >= 4 is 17.7 Å². The van der Waals surface area contributed by atoms with Gasteiger partial charge in [-0.05, 0) is 36.4 Å². The van der Waals surface area contributed by atoms with E-state index in [0.29, 0.717) is 17.4 Å². The number of carbonyl (C=O) groups is 1. The Morgan fingerprint density at radius 1 is 1.44 bits per heavy atom. The zero-order valence-corrected chi connectivity index (χ0v) is 16.1. The number of thioether (sulfide) groups is 1. The smallest absolute Gasteiger partial charge is 0.317 e. The lowest BCUT2D eigenvalue weighted by Crippen LogP contribution is -2.29. The molecule has 1 aromatic heterocycles. The van der Waals surface area contributed by atoms with E-state index < -0.39 is 18.1 Å². The van der Waals surface area contributed by atoms with Gasteiger partial charge < -0.3 is 19.1 Å². The SMILES string of the molecule is CCOC(=O)C(N=[N+]=[N-])C(O)c1cnc(SC)n1Cc1ccc(OC)cc1. The maximum absolute atomic E-state index is 12.1. The van der Waals surface area contributed by atoms with Crippen molar-refractivity contribution in [1.29, 1.82) is 0 Å². The molecule has 0 bridgehead atoms. The molecule has 2 aromatic rings. The number of aromatic nitrogens is 2. The van der Waals surface area contributed by atoms with Crippen LogP contribution in [0, 0.1) is 0 Å². The van der Waals surface area contributed by atoms with Crippen molar-refractivity contribution < 1.29 is 19.4 Å². The van der Waals surface area contributed by atoms with Crippen LogP contribution in [0.5, 0.6) is 5.75 Å². The van der Waals surface area contributed by atoms with Gasteiger partial charge in [0.1, 0.15) is 11.9 Å². The van der Waals surface area contributed by atoms with Gasteiger partial charge in [-0.25, -0.2) is 4.98 Å². The van der Waals surface area contributed by atoms with Crippen molar-refractivity contribution in [3.8, 4) is 5.75 Å². The number of aliphatic hydroxyl groups excluding tert-OH is 1. The molecule has 144 valence electrons. The lowest BCUT2D eigenvalue weighted by Gasteiger charge is -2.19. The second kappa shape index (κ2) is 9.86. The molecule has 0 fully saturated rings. The van der Waals surface area contributed by atoms with E-state index in [2.05, 4.69) is 15.0 Å². The van der Waals surface area contributed by atoms with E-state index in [0.717, 1.165) is 11.3 Å². The van der Waals surface area contributed by atoms with Crippen molar-refractivity contribution in [2.24, 2.45) is 5.11 Å². The van der Waals surface area contributed by atoms with Crippen molar-refractivity contribution in [3.63, 3.8) is 0 Å². The molecule has 0 radical (unpaired) electrons. The number of carbonyl (C=O) groups excluding carboxylic acids is 1. The van der Waals surface area contributed by atoms with E-state index in [4.69, 9.17) is 15.0 Å². The number of rotatable bonds is 9. The fourth-order valence-corrected chi connectivity index (χ4v) is 3.08. The second-order valence-electron chi connectivity index (χ2n) is 5.45. The molecule has 2 unspecified atom stereocenters. The van der Waals surface area contributed by atoms with Gasteiger partial charge in [0.15, 0.2) is 11.2 Å². The number of methoxy groups -OCH3 is 1. The lowest BCUT2D eigenvalue weighted by atomic mass is 10.1. The molecule has 0 amide bonds. The summed E-state index contributed by atoms with van der Waals surface area (Å²) >= 11 is 1.40. The number of azide groups is 1. The summed E-state index contributed by atoms with van der Waals surface area (Å²) in [5.41, 5.74) is 10.1. The van der Waals surface area contributed by atoms with Crippen LogP contribution in [-0.2, 0) is 16.1 Å². The maximum Gasteiger partial charge on any atom is 0.317 e. The highest BCUT2D eigenvalue weighted by Crippen LogP contribution is 2.27. The van der Waals surface area contributed by atoms with Gasteiger partial charge >= 0.3 is 5.97 Å². The van der Waals surface area contributed by atoms with Crippen molar-refractivity contribution in [1.82, 2.24) is 9.55 Å². The Morgan fingerprint density at radius 3 is 2.70 bits per heavy atom. The second-order valence-corrected chi connectivity index (χ2v) is 6.22. The van der Waals surface area contributed by atoms with Gasteiger partial charge in [0.25, 0.3) is 0 Å². The number of hydrogen-bond acceptors (Lipinski definition) is 7. The Kier molecular flexibility index (Phi) is 7.54. The summed E-state index contributed by atoms with van der Waals surface area (Å²) in [6, 6.07) is 6.08. The predicted molar refractivity (Wildman–Crippen MR) is 101 cm³/mol. The summed E-state index contributed by atoms with van der Waals surface area (Å²) in [5, 5.41) is 14.8. The highest BCUT2D eigenvalue weighted by Gasteiger charge is 2.31. The standard InChI is InChI=1S/C17H21N5O4S/c1-4-26-16(24)14(20-21-18)15(23)13-9-19-17(27-3)22(13)10-11-5-7-12(25-2)8-6-11/h5-9,14-15,23H,4,10H2,1-3H3. The molecule has 0 spiro atoms. The number of ether oxygens (including phenoxy) is 2. The van der Waals surface area contributed by atoms with Crippen LogP contribution >= 0.6 is 11.8 Å². The first-order valence-corrected chi connectivity index (χ1v) is 9.39. The van der Waals surface area contributed by atoms with Gasteiger partial charge in [0.05, 0.1) is 25.6 Å². The number of aliphatic hydroxyl groups is 1. The van der Waals surface area contributed by atoms with E-state index in [1.54, 1.807) is 18.6 Å². The maximum atomic E-state index is 12.1. The molecule has 0 saturated carbocycles. The van der Waals surface area contributed by atoms with Crippen molar-refractivity contribution in [2.45, 2.75) is 30.8 Å². The summed E-state index contributed by atoms with van der Waals surface area (Å²) in [5.74, 6) is -0.0499. The predicted octanol–water partition coefficient (Wildman–Crippen LogP) is 2.94. The molecule has 0 aliphatic carbocycles. The monoisotopic (exact) mass is 391 g/mol. The lowest BCUT2D eigenvalue weighted by molar-refractivity contribution is -0.147. The third-order valence-electron chi connectivity index (χ3n) is 3.84. The summed E-state index contributed by atoms with van der Waals surface area (Å²) in [7, 11) is 1.59. The molecule has 1 aromatic carbocycles. The van der Waals surface area contributed by atoms with E-state index in [1.165, 1.54) is 18.0 Å². The number of hydrogen-bond donors (Lipinski definition) is 1. The Hall–Kier alpha value is -2.68. The average Bonchev–Trinajstić information content (AvgIpc) is 3.08. The molecule has 27 heavy (non-hydrogen) atoms. The zero-order valence-electron chi connectivity index (χ0n) is 15.3. The first-order chi connectivity index (χ1) is 13.0. The van der Waals surface area contributed by atoms with Gasteiger partial charge in [0.2, 0.25) is 0 Å². The van der Waals surface area contributed by atoms with Gasteiger partial charge in [-0.15, -0.1) is 0 Å². The molecule has 0 saturated heterocycles. The van der Waals surface area contributed by atoms with E-state index >= 15 is 0 Å².